The van der Waals surface area contributed by atoms with E-state index in [2.05, 4.69) is 46.1 Å². The first kappa shape index (κ1) is 15.0. The minimum atomic E-state index is 0.464. The van der Waals surface area contributed by atoms with Gasteiger partial charge in [0.2, 0.25) is 5.88 Å². The summed E-state index contributed by atoms with van der Waals surface area (Å²) in [6.07, 6.45) is 1.86. The van der Waals surface area contributed by atoms with Crippen molar-refractivity contribution in [2.75, 3.05) is 0 Å². The number of aromatic nitrogens is 1. The van der Waals surface area contributed by atoms with Gasteiger partial charge in [-0.1, -0.05) is 26.0 Å². The summed E-state index contributed by atoms with van der Waals surface area (Å²) in [5, 5.41) is 3.38. The van der Waals surface area contributed by atoms with Crippen LogP contribution in [0.4, 0.5) is 0 Å². The van der Waals surface area contributed by atoms with Crippen LogP contribution in [-0.4, -0.2) is 11.0 Å². The highest BCUT2D eigenvalue weighted by Gasteiger charge is 2.07. The Morgan fingerprint density at radius 3 is 2.70 bits per heavy atom. The molecule has 0 aliphatic heterocycles. The van der Waals surface area contributed by atoms with Crippen molar-refractivity contribution in [3.63, 3.8) is 0 Å². The lowest BCUT2D eigenvalue weighted by Crippen LogP contribution is -2.21. The smallest absolute Gasteiger partial charge is 0.222 e. The lowest BCUT2D eigenvalue weighted by atomic mass is 10.2. The summed E-state index contributed by atoms with van der Waals surface area (Å²) in [4.78, 5) is 4.41. The zero-order valence-corrected chi connectivity index (χ0v) is 13.6. The second-order valence-electron chi connectivity index (χ2n) is 5.03. The molecule has 0 fully saturated rings. The molecule has 0 atom stereocenters. The number of halogens is 1. The van der Waals surface area contributed by atoms with Gasteiger partial charge < -0.3 is 10.1 Å². The maximum absolute atomic E-state index is 5.84. The molecule has 0 unspecified atom stereocenters. The van der Waals surface area contributed by atoms with E-state index in [1.54, 1.807) is 0 Å². The van der Waals surface area contributed by atoms with Gasteiger partial charge >= 0.3 is 0 Å². The number of nitrogens with one attached hydrogen (secondary N) is 1. The average Bonchev–Trinajstić information content (AvgIpc) is 2.41. The van der Waals surface area contributed by atoms with Crippen LogP contribution in [0.25, 0.3) is 0 Å². The van der Waals surface area contributed by atoms with Crippen molar-refractivity contribution in [2.24, 2.45) is 0 Å². The Labute approximate surface area is 128 Å². The third-order valence-corrected chi connectivity index (χ3v) is 3.50. The van der Waals surface area contributed by atoms with Crippen LogP contribution in [0.15, 0.2) is 41.0 Å². The van der Waals surface area contributed by atoms with Crippen molar-refractivity contribution in [2.45, 2.75) is 33.4 Å². The molecule has 2 rings (SSSR count). The number of pyridine rings is 1. The molecule has 0 spiro atoms. The molecule has 20 heavy (non-hydrogen) atoms. The maximum Gasteiger partial charge on any atom is 0.222 e. The molecule has 0 saturated carbocycles. The lowest BCUT2D eigenvalue weighted by molar-refractivity contribution is 0.455. The minimum absolute atomic E-state index is 0.464. The number of aryl methyl sites for hydroxylation is 1. The van der Waals surface area contributed by atoms with Crippen molar-refractivity contribution in [3.8, 4) is 11.6 Å². The van der Waals surface area contributed by atoms with E-state index in [9.17, 15) is 0 Å². The molecule has 1 N–H and O–H groups in total. The molecule has 0 saturated heterocycles. The van der Waals surface area contributed by atoms with Gasteiger partial charge in [-0.15, -0.1) is 0 Å². The third-order valence-electron chi connectivity index (χ3n) is 2.84. The Hall–Kier alpha value is -1.39. The predicted octanol–water partition coefficient (Wildman–Crippen LogP) is 4.44. The zero-order chi connectivity index (χ0) is 14.5. The van der Waals surface area contributed by atoms with E-state index in [-0.39, 0.29) is 0 Å². The van der Waals surface area contributed by atoms with Crippen molar-refractivity contribution in [1.29, 1.82) is 0 Å². The van der Waals surface area contributed by atoms with Crippen molar-refractivity contribution in [3.05, 3.63) is 52.1 Å². The SMILES string of the molecule is Cc1cc(CNC(C)C)cnc1Oc1ccccc1Br. The quantitative estimate of drug-likeness (QED) is 0.877. The molecule has 0 aliphatic rings. The second kappa shape index (κ2) is 6.86. The van der Waals surface area contributed by atoms with Crippen LogP contribution in [0.1, 0.15) is 25.0 Å². The largest absolute Gasteiger partial charge is 0.438 e. The average molecular weight is 335 g/mol. The van der Waals surface area contributed by atoms with E-state index in [0.29, 0.717) is 11.9 Å². The van der Waals surface area contributed by atoms with Crippen LogP contribution in [0.3, 0.4) is 0 Å². The summed E-state index contributed by atoms with van der Waals surface area (Å²) >= 11 is 3.47. The molecule has 0 amide bonds. The number of para-hydroxylation sites is 1. The first-order valence-corrected chi connectivity index (χ1v) is 7.47. The molecule has 1 aromatic heterocycles. The fraction of sp³-hybridized carbons (Fsp3) is 0.312. The van der Waals surface area contributed by atoms with Crippen LogP contribution in [0.5, 0.6) is 11.6 Å². The fourth-order valence-electron chi connectivity index (χ4n) is 1.78. The Morgan fingerprint density at radius 1 is 1.30 bits per heavy atom. The van der Waals surface area contributed by atoms with E-state index in [1.807, 2.05) is 37.4 Å². The monoisotopic (exact) mass is 334 g/mol. The maximum atomic E-state index is 5.84. The lowest BCUT2D eigenvalue weighted by Gasteiger charge is -2.12. The number of hydrogen-bond acceptors (Lipinski definition) is 3. The summed E-state index contributed by atoms with van der Waals surface area (Å²) in [6, 6.07) is 10.3. The van der Waals surface area contributed by atoms with Gasteiger partial charge in [0.25, 0.3) is 0 Å². The van der Waals surface area contributed by atoms with Gasteiger partial charge in [0.1, 0.15) is 5.75 Å². The van der Waals surface area contributed by atoms with Gasteiger partial charge in [0.05, 0.1) is 4.47 Å². The van der Waals surface area contributed by atoms with E-state index in [1.165, 1.54) is 0 Å². The van der Waals surface area contributed by atoms with E-state index in [0.717, 1.165) is 27.9 Å². The van der Waals surface area contributed by atoms with Crippen LogP contribution in [-0.2, 0) is 6.54 Å². The van der Waals surface area contributed by atoms with Gasteiger partial charge in [-0.25, -0.2) is 4.98 Å². The van der Waals surface area contributed by atoms with Crippen LogP contribution in [0.2, 0.25) is 0 Å². The topological polar surface area (TPSA) is 34.2 Å². The van der Waals surface area contributed by atoms with E-state index >= 15 is 0 Å². The number of rotatable bonds is 5. The molecular formula is C16H19BrN2O. The molecule has 2 aromatic rings. The summed E-state index contributed by atoms with van der Waals surface area (Å²) in [5.74, 6) is 1.42. The Bertz CT molecular complexity index is 584. The molecule has 0 bridgehead atoms. The Morgan fingerprint density at radius 2 is 2.05 bits per heavy atom. The first-order chi connectivity index (χ1) is 9.56. The summed E-state index contributed by atoms with van der Waals surface area (Å²) in [6.45, 7) is 7.09. The number of ether oxygens (including phenoxy) is 1. The Kier molecular flexibility index (Phi) is 5.15. The number of hydrogen-bond donors (Lipinski definition) is 1. The van der Waals surface area contributed by atoms with Gasteiger partial charge in [0, 0.05) is 24.3 Å². The number of benzene rings is 1. The van der Waals surface area contributed by atoms with Crippen molar-refractivity contribution in [1.82, 2.24) is 10.3 Å². The van der Waals surface area contributed by atoms with E-state index in [4.69, 9.17) is 4.74 Å². The van der Waals surface area contributed by atoms with Gasteiger partial charge in [-0.2, -0.15) is 0 Å². The molecule has 3 nitrogen and oxygen atoms in total. The van der Waals surface area contributed by atoms with Crippen molar-refractivity contribution >= 4 is 15.9 Å². The highest BCUT2D eigenvalue weighted by atomic mass is 79.9. The first-order valence-electron chi connectivity index (χ1n) is 6.67. The summed E-state index contributed by atoms with van der Waals surface area (Å²) in [7, 11) is 0. The molecule has 1 heterocycles. The minimum Gasteiger partial charge on any atom is -0.438 e. The molecule has 4 heteroatoms. The molecule has 106 valence electrons. The number of nitrogens with zero attached hydrogens (tertiary/aromatic N) is 1. The van der Waals surface area contributed by atoms with Gasteiger partial charge in [0.15, 0.2) is 0 Å². The normalized spacial score (nSPS) is 10.8. The standard InChI is InChI=1S/C16H19BrN2O/c1-11(2)18-9-13-8-12(3)16(19-10-13)20-15-7-5-4-6-14(15)17/h4-8,10-11,18H,9H2,1-3H3. The van der Waals surface area contributed by atoms with Crippen LogP contribution >= 0.6 is 15.9 Å². The van der Waals surface area contributed by atoms with E-state index < -0.39 is 0 Å². The molecule has 0 aliphatic carbocycles. The highest BCUT2D eigenvalue weighted by Crippen LogP contribution is 2.29. The fourth-order valence-corrected chi connectivity index (χ4v) is 2.14. The van der Waals surface area contributed by atoms with Gasteiger partial charge in [-0.05, 0) is 46.6 Å². The van der Waals surface area contributed by atoms with Crippen LogP contribution in [0, 0.1) is 6.92 Å². The Balaban J connectivity index is 2.12. The van der Waals surface area contributed by atoms with Gasteiger partial charge in [-0.3, -0.25) is 0 Å². The van der Waals surface area contributed by atoms with Crippen LogP contribution < -0.4 is 10.1 Å². The highest BCUT2D eigenvalue weighted by molar-refractivity contribution is 9.10. The third kappa shape index (κ3) is 4.05. The summed E-state index contributed by atoms with van der Waals surface area (Å²) < 4.78 is 6.77. The second-order valence-corrected chi connectivity index (χ2v) is 5.89. The molecule has 0 radical (unpaired) electrons. The molecular weight excluding hydrogens is 316 g/mol. The zero-order valence-electron chi connectivity index (χ0n) is 12.0. The summed E-state index contributed by atoms with van der Waals surface area (Å²) in [5.41, 5.74) is 2.19. The molecule has 1 aromatic carbocycles. The van der Waals surface area contributed by atoms with Crippen molar-refractivity contribution < 1.29 is 4.74 Å². The predicted molar refractivity (Wildman–Crippen MR) is 85.2 cm³/mol.